The van der Waals surface area contributed by atoms with E-state index >= 15 is 0 Å². The minimum atomic E-state index is -2.76. The number of furan rings is 1. The Bertz CT molecular complexity index is 3570. The molecule has 0 aliphatic carbocycles. The summed E-state index contributed by atoms with van der Waals surface area (Å²) < 4.78 is 9.42. The Morgan fingerprint density at radius 3 is 2.00 bits per heavy atom. The Hall–Kier alpha value is -7.08. The van der Waals surface area contributed by atoms with Crippen molar-refractivity contribution in [3.63, 3.8) is 0 Å². The summed E-state index contributed by atoms with van der Waals surface area (Å²) in [5.41, 5.74) is 15.3. The molecule has 14 rings (SSSR count). The molecule has 3 nitrogen and oxygen atoms in total. The van der Waals surface area contributed by atoms with Gasteiger partial charge in [-0.25, -0.2) is 0 Å². The van der Waals surface area contributed by atoms with Gasteiger partial charge in [0.25, 0.3) is 0 Å². The van der Waals surface area contributed by atoms with Gasteiger partial charge < -0.3 is 14.3 Å². The van der Waals surface area contributed by atoms with Crippen LogP contribution in [-0.4, -0.2) is 19.9 Å². The van der Waals surface area contributed by atoms with Crippen molar-refractivity contribution in [2.45, 2.75) is 0 Å². The number of anilines is 2. The second kappa shape index (κ2) is 10.6. The molecule has 5 heterocycles. The number of rotatable bonds is 1. The van der Waals surface area contributed by atoms with Gasteiger partial charge in [0.1, 0.15) is 11.2 Å². The largest absolute Gasteiger partial charge is 0.456 e. The van der Waals surface area contributed by atoms with Gasteiger partial charge in [-0.1, -0.05) is 163 Å². The molecule has 1 radical (unpaired) electrons. The second-order valence-corrected chi connectivity index (χ2v) is 19.5. The number of hydrogen-bond donors (Lipinski definition) is 1. The van der Waals surface area contributed by atoms with Crippen LogP contribution in [0.1, 0.15) is 0 Å². The lowest BCUT2D eigenvalue weighted by molar-refractivity contribution is 0.669. The first-order chi connectivity index (χ1) is 28.3. The Labute approximate surface area is 329 Å². The third-order valence-corrected chi connectivity index (χ3v) is 18.2. The Kier molecular flexibility index (Phi) is 5.62. The van der Waals surface area contributed by atoms with Crippen molar-refractivity contribution in [2.75, 3.05) is 5.32 Å². The van der Waals surface area contributed by atoms with Crippen LogP contribution in [0.25, 0.3) is 82.5 Å². The number of benzene rings is 9. The van der Waals surface area contributed by atoms with E-state index in [9.17, 15) is 0 Å². The fraction of sp³-hybridized carbons (Fsp3) is 0. The maximum atomic E-state index is 6.89. The van der Waals surface area contributed by atoms with Gasteiger partial charge in [-0.3, -0.25) is 0 Å². The highest BCUT2D eigenvalue weighted by atomic mass is 28.3. The third kappa shape index (κ3) is 3.60. The first-order valence-corrected chi connectivity index (χ1v) is 21.8. The number of nitrogens with one attached hydrogen (secondary N) is 1. The lowest BCUT2D eigenvalue weighted by Crippen LogP contribution is -2.74. The van der Waals surface area contributed by atoms with Crippen LogP contribution >= 0.6 is 0 Å². The minimum Gasteiger partial charge on any atom is -0.456 e. The summed E-state index contributed by atoms with van der Waals surface area (Å²) in [6.45, 7) is 0. The lowest BCUT2D eigenvalue weighted by atomic mass is 9.58. The van der Waals surface area contributed by atoms with E-state index in [1.54, 1.807) is 0 Å². The maximum absolute atomic E-state index is 6.89. The minimum absolute atomic E-state index is 0.894. The molecule has 261 valence electrons. The second-order valence-electron chi connectivity index (χ2n) is 15.8. The summed E-state index contributed by atoms with van der Waals surface area (Å²) in [4.78, 5) is 0. The zero-order chi connectivity index (χ0) is 37.0. The van der Waals surface area contributed by atoms with Gasteiger partial charge in [-0.15, -0.1) is 0 Å². The van der Waals surface area contributed by atoms with Crippen LogP contribution in [0, 0.1) is 0 Å². The van der Waals surface area contributed by atoms with Crippen LogP contribution in [0.15, 0.2) is 180 Å². The molecule has 3 aliphatic rings. The summed E-state index contributed by atoms with van der Waals surface area (Å²) in [6, 6.07) is 65.5. The average Bonchev–Trinajstić information content (AvgIpc) is 3.91. The number of aromatic nitrogens is 1. The van der Waals surface area contributed by atoms with Crippen molar-refractivity contribution in [2.24, 2.45) is 0 Å². The molecule has 57 heavy (non-hydrogen) atoms. The third-order valence-electron chi connectivity index (χ3n) is 13.2. The molecule has 1 spiro atoms. The molecule has 5 heteroatoms. The van der Waals surface area contributed by atoms with Crippen LogP contribution in [0.3, 0.4) is 0 Å². The summed E-state index contributed by atoms with van der Waals surface area (Å²) >= 11 is 0. The molecule has 0 fully saturated rings. The number of fused-ring (bicyclic) bond motifs is 19. The van der Waals surface area contributed by atoms with Gasteiger partial charge >= 0.3 is 0 Å². The Balaban J connectivity index is 1.16. The smallest absolute Gasteiger partial charge is 0.197 e. The van der Waals surface area contributed by atoms with E-state index in [4.69, 9.17) is 4.42 Å². The molecule has 1 N–H and O–H groups in total. The van der Waals surface area contributed by atoms with Crippen molar-refractivity contribution in [1.29, 1.82) is 0 Å². The summed E-state index contributed by atoms with van der Waals surface area (Å²) in [7, 11) is -0.318. The molecule has 0 atom stereocenters. The van der Waals surface area contributed by atoms with Crippen LogP contribution < -0.4 is 37.0 Å². The fourth-order valence-electron chi connectivity index (χ4n) is 11.1. The molecule has 3 aliphatic heterocycles. The van der Waals surface area contributed by atoms with Crippen molar-refractivity contribution in [3.05, 3.63) is 176 Å². The molecule has 0 saturated carbocycles. The first-order valence-electron chi connectivity index (χ1n) is 19.8. The van der Waals surface area contributed by atoms with Crippen LogP contribution in [0.5, 0.6) is 0 Å². The van der Waals surface area contributed by atoms with E-state index in [1.165, 1.54) is 97.9 Å². The molecule has 9 aromatic carbocycles. The molecule has 0 saturated heterocycles. The van der Waals surface area contributed by atoms with Crippen molar-refractivity contribution in [3.8, 4) is 27.9 Å². The summed E-state index contributed by atoms with van der Waals surface area (Å²) in [5.74, 6) is 0. The van der Waals surface area contributed by atoms with Gasteiger partial charge in [0.15, 0.2) is 15.4 Å². The van der Waals surface area contributed by atoms with E-state index in [1.807, 2.05) is 0 Å². The maximum Gasteiger partial charge on any atom is 0.197 e. The van der Waals surface area contributed by atoms with Crippen molar-refractivity contribution < 1.29 is 4.42 Å². The molecule has 0 bridgehead atoms. The van der Waals surface area contributed by atoms with Crippen LogP contribution in [0.4, 0.5) is 11.4 Å². The molecular formula is C52H30BN2OSi. The van der Waals surface area contributed by atoms with Gasteiger partial charge in [0.2, 0.25) is 0 Å². The van der Waals surface area contributed by atoms with Crippen LogP contribution in [0.2, 0.25) is 0 Å². The predicted molar refractivity (Wildman–Crippen MR) is 242 cm³/mol. The zero-order valence-electron chi connectivity index (χ0n) is 30.7. The molecule has 2 aromatic heterocycles. The molecule has 0 unspecified atom stereocenters. The van der Waals surface area contributed by atoms with E-state index in [2.05, 4.69) is 193 Å². The summed E-state index contributed by atoms with van der Waals surface area (Å²) in [6.07, 6.45) is 0. The van der Waals surface area contributed by atoms with Gasteiger partial charge in [0.05, 0.1) is 5.52 Å². The van der Waals surface area contributed by atoms with E-state index < -0.39 is 8.07 Å². The molecular weight excluding hydrogens is 707 g/mol. The Morgan fingerprint density at radius 2 is 1.14 bits per heavy atom. The normalized spacial score (nSPS) is 14.0. The SMILES string of the molecule is [B]1c2c(cc3oc4ccccc4c3c2-c2cccc3c2Nc2ccccc2[Si]32c3ccccc3-c3ccccc32)-n2c3c1cccc3c1ccc3ccccc3c12. The van der Waals surface area contributed by atoms with Crippen molar-refractivity contribution in [1.82, 2.24) is 4.57 Å². The number of hydrogen-bond acceptors (Lipinski definition) is 2. The molecule has 0 amide bonds. The highest BCUT2D eigenvalue weighted by Crippen LogP contribution is 2.45. The fourth-order valence-corrected chi connectivity index (χ4v) is 16.6. The monoisotopic (exact) mass is 737 g/mol. The van der Waals surface area contributed by atoms with Crippen molar-refractivity contribution >= 4 is 113 Å². The first kappa shape index (κ1) is 30.2. The van der Waals surface area contributed by atoms with E-state index in [0.29, 0.717) is 0 Å². The average molecular weight is 738 g/mol. The van der Waals surface area contributed by atoms with E-state index in [-0.39, 0.29) is 0 Å². The standard InChI is InChI=1S/C52H30BN2OSi/c1-2-14-31-30(13-1)27-28-35-34-18-11-20-38-52(34)55(51(31)35)40-29-42-47(36-17-3-7-22-41(36)56-42)48(49(40)53-38)37-19-12-26-46-50(37)54-39-21-6-10-25-45(39)57(46)43-23-8-4-15-32(43)33-16-5-9-24-44(33)57/h1-29,54H. The lowest BCUT2D eigenvalue weighted by Gasteiger charge is -2.39. The highest BCUT2D eigenvalue weighted by Gasteiger charge is 2.52. The van der Waals surface area contributed by atoms with Gasteiger partial charge in [0, 0.05) is 61.1 Å². The number of para-hydroxylation sites is 4. The van der Waals surface area contributed by atoms with Gasteiger partial charge in [-0.05, 0) is 60.4 Å². The molecule has 11 aromatic rings. The highest BCUT2D eigenvalue weighted by molar-refractivity contribution is 7.23. The Morgan fingerprint density at radius 1 is 0.491 bits per heavy atom. The number of nitrogens with zero attached hydrogens (tertiary/aromatic N) is 1. The van der Waals surface area contributed by atoms with E-state index in [0.717, 1.165) is 27.6 Å². The predicted octanol–water partition coefficient (Wildman–Crippen LogP) is 8.89. The summed E-state index contributed by atoms with van der Waals surface area (Å²) in [5, 5.41) is 17.1. The van der Waals surface area contributed by atoms with Crippen LogP contribution in [-0.2, 0) is 0 Å². The quantitative estimate of drug-likeness (QED) is 0.171. The van der Waals surface area contributed by atoms with Gasteiger partial charge in [-0.2, -0.15) is 0 Å². The zero-order valence-corrected chi connectivity index (χ0v) is 31.7. The topological polar surface area (TPSA) is 30.1 Å².